The Bertz CT molecular complexity index is 608. The minimum Gasteiger partial charge on any atom is -0.479 e. The summed E-state index contributed by atoms with van der Waals surface area (Å²) in [5.41, 5.74) is -3.40. The largest absolute Gasteiger partial charge is 0.479 e. The van der Waals surface area contributed by atoms with Crippen LogP contribution in [0.1, 0.15) is 37.9 Å². The molecule has 9 heteroatoms. The van der Waals surface area contributed by atoms with Gasteiger partial charge in [0.05, 0.1) is 5.56 Å². The number of ether oxygens (including phenoxy) is 1. The predicted octanol–water partition coefficient (Wildman–Crippen LogP) is 3.49. The molecule has 1 aromatic rings. The van der Waals surface area contributed by atoms with Crippen LogP contribution in [0, 0.1) is 5.82 Å². The zero-order chi connectivity index (χ0) is 18.0. The van der Waals surface area contributed by atoms with E-state index in [9.17, 15) is 27.2 Å². The van der Waals surface area contributed by atoms with Gasteiger partial charge in [-0.2, -0.15) is 13.2 Å². The Kier molecular flexibility index (Phi) is 5.24. The Morgan fingerprint density at radius 2 is 1.78 bits per heavy atom. The molecule has 0 fully saturated rings. The predicted molar refractivity (Wildman–Crippen MR) is 71.1 cm³/mol. The fourth-order valence-corrected chi connectivity index (χ4v) is 1.69. The second-order valence-corrected chi connectivity index (χ2v) is 5.62. The van der Waals surface area contributed by atoms with Gasteiger partial charge < -0.3 is 15.2 Å². The standard InChI is InChI=1S/C14H15F4NO4/c1-13(2,3)23-12(22)19-10(11(20)21)7-5-4-6-8(9(7)15)14(16,17)18/h4-6,10H,1-3H3,(H,19,22)(H,20,21). The highest BCUT2D eigenvalue weighted by Gasteiger charge is 2.37. The van der Waals surface area contributed by atoms with Crippen LogP contribution in [0.5, 0.6) is 0 Å². The summed E-state index contributed by atoms with van der Waals surface area (Å²) in [6.45, 7) is 4.52. The van der Waals surface area contributed by atoms with E-state index in [1.165, 1.54) is 20.8 Å². The van der Waals surface area contributed by atoms with Crippen molar-refractivity contribution >= 4 is 12.1 Å². The zero-order valence-electron chi connectivity index (χ0n) is 12.5. The van der Waals surface area contributed by atoms with Gasteiger partial charge in [0.2, 0.25) is 0 Å². The average molecular weight is 337 g/mol. The number of aliphatic carboxylic acids is 1. The summed E-state index contributed by atoms with van der Waals surface area (Å²) in [4.78, 5) is 22.8. The molecule has 0 heterocycles. The summed E-state index contributed by atoms with van der Waals surface area (Å²) < 4.78 is 56.8. The lowest BCUT2D eigenvalue weighted by molar-refractivity contribution is -0.142. The van der Waals surface area contributed by atoms with Gasteiger partial charge >= 0.3 is 18.2 Å². The number of nitrogens with one attached hydrogen (secondary N) is 1. The lowest BCUT2D eigenvalue weighted by Crippen LogP contribution is -2.38. The molecule has 0 saturated carbocycles. The van der Waals surface area contributed by atoms with Crippen molar-refractivity contribution in [1.82, 2.24) is 5.32 Å². The first-order chi connectivity index (χ1) is 10.3. The fraction of sp³-hybridized carbons (Fsp3) is 0.429. The van der Waals surface area contributed by atoms with Gasteiger partial charge in [0.15, 0.2) is 6.04 Å². The van der Waals surface area contributed by atoms with E-state index < -0.39 is 46.8 Å². The molecule has 1 amide bonds. The molecule has 23 heavy (non-hydrogen) atoms. The molecule has 0 saturated heterocycles. The minimum atomic E-state index is -4.99. The van der Waals surface area contributed by atoms with Gasteiger partial charge in [-0.1, -0.05) is 12.1 Å². The van der Waals surface area contributed by atoms with Crippen molar-refractivity contribution in [3.05, 3.63) is 35.1 Å². The second-order valence-electron chi connectivity index (χ2n) is 5.62. The van der Waals surface area contributed by atoms with Crippen LogP contribution < -0.4 is 5.32 Å². The lowest BCUT2D eigenvalue weighted by atomic mass is 10.0. The first-order valence-corrected chi connectivity index (χ1v) is 6.41. The van der Waals surface area contributed by atoms with Gasteiger partial charge in [-0.25, -0.2) is 14.0 Å². The van der Waals surface area contributed by atoms with Crippen molar-refractivity contribution in [1.29, 1.82) is 0 Å². The number of hydrogen-bond donors (Lipinski definition) is 2. The number of amides is 1. The third kappa shape index (κ3) is 5.11. The summed E-state index contributed by atoms with van der Waals surface area (Å²) >= 11 is 0. The molecule has 0 aliphatic heterocycles. The van der Waals surface area contributed by atoms with Gasteiger partial charge in [-0.05, 0) is 26.8 Å². The normalized spacial score (nSPS) is 13.3. The number of carbonyl (C=O) groups is 2. The van der Waals surface area contributed by atoms with E-state index in [1.807, 2.05) is 5.32 Å². The molecule has 1 aromatic carbocycles. The molecule has 1 unspecified atom stereocenters. The quantitative estimate of drug-likeness (QED) is 0.828. The van der Waals surface area contributed by atoms with Crippen molar-refractivity contribution in [2.24, 2.45) is 0 Å². The van der Waals surface area contributed by atoms with Crippen molar-refractivity contribution < 1.29 is 37.0 Å². The Morgan fingerprint density at radius 3 is 2.22 bits per heavy atom. The molecule has 0 aliphatic rings. The maximum Gasteiger partial charge on any atom is 0.419 e. The molecule has 2 N–H and O–H groups in total. The van der Waals surface area contributed by atoms with E-state index >= 15 is 0 Å². The number of carboxylic acid groups (broad SMARTS) is 1. The van der Waals surface area contributed by atoms with Gasteiger partial charge in [-0.15, -0.1) is 0 Å². The van der Waals surface area contributed by atoms with E-state index in [0.29, 0.717) is 6.07 Å². The molecule has 0 bridgehead atoms. The van der Waals surface area contributed by atoms with Crippen molar-refractivity contribution in [2.75, 3.05) is 0 Å². The number of carboxylic acids is 1. The zero-order valence-corrected chi connectivity index (χ0v) is 12.5. The Balaban J connectivity index is 3.18. The molecule has 0 spiro atoms. The van der Waals surface area contributed by atoms with Crippen LogP contribution in [0.4, 0.5) is 22.4 Å². The Hall–Kier alpha value is -2.32. The highest BCUT2D eigenvalue weighted by Crippen LogP contribution is 2.34. The number of carbonyl (C=O) groups excluding carboxylic acids is 1. The summed E-state index contributed by atoms with van der Waals surface area (Å²) in [7, 11) is 0. The van der Waals surface area contributed by atoms with Crippen LogP contribution in [0.15, 0.2) is 18.2 Å². The van der Waals surface area contributed by atoms with E-state index in [2.05, 4.69) is 0 Å². The monoisotopic (exact) mass is 337 g/mol. The molecule has 1 atom stereocenters. The highest BCUT2D eigenvalue weighted by atomic mass is 19.4. The summed E-state index contributed by atoms with van der Waals surface area (Å²) in [5, 5.41) is 10.9. The van der Waals surface area contributed by atoms with Crippen LogP contribution in [0.3, 0.4) is 0 Å². The highest BCUT2D eigenvalue weighted by molar-refractivity contribution is 5.81. The molecule has 5 nitrogen and oxygen atoms in total. The third-order valence-corrected chi connectivity index (χ3v) is 2.55. The molecule has 1 rings (SSSR count). The van der Waals surface area contributed by atoms with Crippen LogP contribution in [0.25, 0.3) is 0 Å². The fourth-order valence-electron chi connectivity index (χ4n) is 1.69. The molecule has 0 aromatic heterocycles. The lowest BCUT2D eigenvalue weighted by Gasteiger charge is -2.22. The van der Waals surface area contributed by atoms with Crippen molar-refractivity contribution in [3.63, 3.8) is 0 Å². The van der Waals surface area contributed by atoms with Gasteiger partial charge in [0, 0.05) is 5.56 Å². The van der Waals surface area contributed by atoms with Gasteiger partial charge in [-0.3, -0.25) is 0 Å². The van der Waals surface area contributed by atoms with Gasteiger partial charge in [0.1, 0.15) is 11.4 Å². The van der Waals surface area contributed by atoms with E-state index in [1.54, 1.807) is 0 Å². The van der Waals surface area contributed by atoms with Crippen LogP contribution >= 0.6 is 0 Å². The van der Waals surface area contributed by atoms with E-state index in [4.69, 9.17) is 9.84 Å². The smallest absolute Gasteiger partial charge is 0.419 e. The molecular formula is C14H15F4NO4. The number of halogens is 4. The van der Waals surface area contributed by atoms with Crippen LogP contribution in [-0.4, -0.2) is 22.8 Å². The molecule has 0 radical (unpaired) electrons. The summed E-state index contributed by atoms with van der Waals surface area (Å²) in [6.07, 6.45) is -6.18. The Morgan fingerprint density at radius 1 is 1.22 bits per heavy atom. The maximum atomic E-state index is 14.0. The Labute approximate surface area is 129 Å². The van der Waals surface area contributed by atoms with Crippen LogP contribution in [0.2, 0.25) is 0 Å². The number of alkyl halides is 3. The van der Waals surface area contributed by atoms with E-state index in [-0.39, 0.29) is 0 Å². The first kappa shape index (κ1) is 18.7. The summed E-state index contributed by atoms with van der Waals surface area (Å²) in [6, 6.07) is 0.159. The van der Waals surface area contributed by atoms with E-state index in [0.717, 1.165) is 12.1 Å². The number of alkyl carbamates (subject to hydrolysis) is 1. The van der Waals surface area contributed by atoms with Crippen LogP contribution in [-0.2, 0) is 15.7 Å². The maximum absolute atomic E-state index is 14.0. The third-order valence-electron chi connectivity index (χ3n) is 2.55. The topological polar surface area (TPSA) is 75.6 Å². The SMILES string of the molecule is CC(C)(C)OC(=O)NC(C(=O)O)c1cccc(C(F)(F)F)c1F. The van der Waals surface area contributed by atoms with Gasteiger partial charge in [0.25, 0.3) is 0 Å². The second kappa shape index (κ2) is 6.43. The summed E-state index contributed by atoms with van der Waals surface area (Å²) in [5.74, 6) is -3.49. The number of rotatable bonds is 3. The molecule has 128 valence electrons. The average Bonchev–Trinajstić information content (AvgIpc) is 2.32. The minimum absolute atomic E-state index is 0.477. The number of benzene rings is 1. The van der Waals surface area contributed by atoms with Crippen molar-refractivity contribution in [2.45, 2.75) is 38.6 Å². The first-order valence-electron chi connectivity index (χ1n) is 6.41. The molecular weight excluding hydrogens is 322 g/mol. The van der Waals surface area contributed by atoms with Crippen molar-refractivity contribution in [3.8, 4) is 0 Å². The number of hydrogen-bond acceptors (Lipinski definition) is 3. The molecule has 0 aliphatic carbocycles.